The molecule has 0 saturated carbocycles. The molecular weight excluding hydrogens is 350 g/mol. The highest BCUT2D eigenvalue weighted by atomic mass is 32.1. The third kappa shape index (κ3) is 4.89. The predicted octanol–water partition coefficient (Wildman–Crippen LogP) is 4.11. The molecule has 0 aliphatic carbocycles. The fourth-order valence-electron chi connectivity index (χ4n) is 2.21. The first-order valence-corrected chi connectivity index (χ1v) is 8.36. The maximum atomic E-state index is 5.73. The van der Waals surface area contributed by atoms with E-state index in [1.54, 1.807) is 26.2 Å². The first-order chi connectivity index (χ1) is 12.5. The Morgan fingerprint density at radius 3 is 2.04 bits per heavy atom. The Bertz CT molecular complexity index is 777. The molecule has 0 bridgehead atoms. The van der Waals surface area contributed by atoms with Crippen LogP contribution in [0, 0.1) is 0 Å². The second kappa shape index (κ2) is 9.10. The third-order valence-corrected chi connectivity index (χ3v) is 4.05. The summed E-state index contributed by atoms with van der Waals surface area (Å²) in [5.74, 6) is 2.34. The van der Waals surface area contributed by atoms with Gasteiger partial charge in [-0.2, -0.15) is 0 Å². The van der Waals surface area contributed by atoms with Crippen LogP contribution < -0.4 is 18.9 Å². The lowest BCUT2D eigenvalue weighted by Crippen LogP contribution is -2.25. The minimum atomic E-state index is 0.321. The molecule has 0 aromatic heterocycles. The number of rotatable bonds is 6. The fourth-order valence-corrected chi connectivity index (χ4v) is 2.30. The maximum Gasteiger partial charge on any atom is 0.264 e. The van der Waals surface area contributed by atoms with Crippen LogP contribution in [0.15, 0.2) is 36.4 Å². The van der Waals surface area contributed by atoms with Crippen molar-refractivity contribution in [1.29, 1.82) is 0 Å². The molecule has 138 valence electrons. The summed E-state index contributed by atoms with van der Waals surface area (Å²) in [6, 6.07) is 11.5. The zero-order chi connectivity index (χ0) is 19.1. The fraction of sp³-hybridized carbons (Fsp3) is 0.250. The first kappa shape index (κ1) is 19.6. The van der Waals surface area contributed by atoms with Crippen LogP contribution in [0.2, 0.25) is 0 Å². The highest BCUT2D eigenvalue weighted by Crippen LogP contribution is 2.39. The summed E-state index contributed by atoms with van der Waals surface area (Å²) in [7, 11) is 8.43. The van der Waals surface area contributed by atoms with Gasteiger partial charge in [-0.3, -0.25) is 0 Å². The normalized spacial score (nSPS) is 10.5. The molecule has 2 aromatic carbocycles. The van der Waals surface area contributed by atoms with Crippen molar-refractivity contribution in [2.45, 2.75) is 0 Å². The highest BCUT2D eigenvalue weighted by Gasteiger charge is 2.16. The van der Waals surface area contributed by atoms with Gasteiger partial charge in [-0.1, -0.05) is 24.3 Å². The standard InChI is InChI=1S/C20H23NO4S/c1-21(2)20(26)25-19-17(23-4)12-15(13-18(19)24-5)10-9-14-7-6-8-16(11-14)22-3/h6-13H,1-5H3/b10-9-. The van der Waals surface area contributed by atoms with Crippen molar-refractivity contribution in [2.24, 2.45) is 0 Å². The molecule has 2 aromatic rings. The summed E-state index contributed by atoms with van der Waals surface area (Å²) >= 11 is 5.21. The lowest BCUT2D eigenvalue weighted by atomic mass is 10.1. The van der Waals surface area contributed by atoms with E-state index in [4.69, 9.17) is 31.2 Å². The molecule has 0 aliphatic rings. The van der Waals surface area contributed by atoms with Gasteiger partial charge in [0.15, 0.2) is 11.5 Å². The van der Waals surface area contributed by atoms with E-state index in [0.29, 0.717) is 22.4 Å². The van der Waals surface area contributed by atoms with Gasteiger partial charge < -0.3 is 23.8 Å². The van der Waals surface area contributed by atoms with E-state index >= 15 is 0 Å². The molecule has 0 spiro atoms. The number of ether oxygens (including phenoxy) is 4. The Balaban J connectivity index is 2.35. The van der Waals surface area contributed by atoms with Gasteiger partial charge in [0.05, 0.1) is 21.3 Å². The van der Waals surface area contributed by atoms with Crippen LogP contribution in [0.1, 0.15) is 11.1 Å². The van der Waals surface area contributed by atoms with E-state index in [1.807, 2.05) is 62.6 Å². The first-order valence-electron chi connectivity index (χ1n) is 7.95. The second-order valence-electron chi connectivity index (χ2n) is 5.63. The summed E-state index contributed by atoms with van der Waals surface area (Å²) in [6.07, 6.45) is 3.95. The van der Waals surface area contributed by atoms with Crippen molar-refractivity contribution < 1.29 is 18.9 Å². The summed E-state index contributed by atoms with van der Waals surface area (Å²) < 4.78 is 21.9. The van der Waals surface area contributed by atoms with Gasteiger partial charge in [-0.25, -0.2) is 0 Å². The summed E-state index contributed by atoms with van der Waals surface area (Å²) in [5.41, 5.74) is 1.93. The molecule has 6 heteroatoms. The van der Waals surface area contributed by atoms with Crippen molar-refractivity contribution in [2.75, 3.05) is 35.4 Å². The SMILES string of the molecule is COc1cccc(/C=C\c2cc(OC)c(OC(=S)N(C)C)c(OC)c2)c1. The average molecular weight is 373 g/mol. The maximum absolute atomic E-state index is 5.73. The molecule has 0 radical (unpaired) electrons. The molecule has 0 heterocycles. The summed E-state index contributed by atoms with van der Waals surface area (Å²) in [5, 5.41) is 0.321. The Kier molecular flexibility index (Phi) is 6.86. The number of hydrogen-bond acceptors (Lipinski definition) is 5. The molecular formula is C20H23NO4S. The van der Waals surface area contributed by atoms with Gasteiger partial charge in [0.25, 0.3) is 5.17 Å². The molecule has 0 N–H and O–H groups in total. The van der Waals surface area contributed by atoms with Gasteiger partial charge in [-0.15, -0.1) is 0 Å². The molecule has 0 amide bonds. The largest absolute Gasteiger partial charge is 0.497 e. The van der Waals surface area contributed by atoms with Crippen LogP contribution in [-0.2, 0) is 0 Å². The average Bonchev–Trinajstić information content (AvgIpc) is 2.66. The zero-order valence-electron chi connectivity index (χ0n) is 15.6. The van der Waals surface area contributed by atoms with Crippen molar-refractivity contribution in [1.82, 2.24) is 4.90 Å². The van der Waals surface area contributed by atoms with Crippen molar-refractivity contribution in [3.8, 4) is 23.0 Å². The van der Waals surface area contributed by atoms with E-state index in [9.17, 15) is 0 Å². The zero-order valence-corrected chi connectivity index (χ0v) is 16.4. The van der Waals surface area contributed by atoms with Crippen LogP contribution in [0.25, 0.3) is 12.2 Å². The summed E-state index contributed by atoms with van der Waals surface area (Å²) in [4.78, 5) is 1.70. The van der Waals surface area contributed by atoms with Crippen molar-refractivity contribution in [3.63, 3.8) is 0 Å². The number of benzene rings is 2. The quantitative estimate of drug-likeness (QED) is 0.561. The van der Waals surface area contributed by atoms with Crippen LogP contribution in [0.5, 0.6) is 23.0 Å². The number of hydrogen-bond donors (Lipinski definition) is 0. The second-order valence-corrected chi connectivity index (χ2v) is 5.98. The Hall–Kier alpha value is -2.73. The monoisotopic (exact) mass is 373 g/mol. The minimum Gasteiger partial charge on any atom is -0.497 e. The number of methoxy groups -OCH3 is 3. The predicted molar refractivity (Wildman–Crippen MR) is 108 cm³/mol. The van der Waals surface area contributed by atoms with E-state index in [2.05, 4.69) is 0 Å². The lowest BCUT2D eigenvalue weighted by molar-refractivity contribution is 0.347. The Labute approximate surface area is 159 Å². The van der Waals surface area contributed by atoms with E-state index in [1.165, 1.54) is 0 Å². The molecule has 5 nitrogen and oxygen atoms in total. The van der Waals surface area contributed by atoms with Gasteiger partial charge in [-0.05, 0) is 47.6 Å². The summed E-state index contributed by atoms with van der Waals surface area (Å²) in [6.45, 7) is 0. The van der Waals surface area contributed by atoms with E-state index < -0.39 is 0 Å². The van der Waals surface area contributed by atoms with Crippen molar-refractivity contribution >= 4 is 29.5 Å². The number of nitrogens with zero attached hydrogens (tertiary/aromatic N) is 1. The number of thiocarbonyl (C=S) groups is 1. The third-order valence-electron chi connectivity index (χ3n) is 3.60. The lowest BCUT2D eigenvalue weighted by Gasteiger charge is -2.18. The molecule has 0 unspecified atom stereocenters. The van der Waals surface area contributed by atoms with Gasteiger partial charge in [0.1, 0.15) is 5.75 Å². The van der Waals surface area contributed by atoms with Crippen LogP contribution in [0.4, 0.5) is 0 Å². The Morgan fingerprint density at radius 2 is 1.50 bits per heavy atom. The van der Waals surface area contributed by atoms with E-state index in [0.717, 1.165) is 16.9 Å². The van der Waals surface area contributed by atoms with Gasteiger partial charge >= 0.3 is 0 Å². The molecule has 0 saturated heterocycles. The molecule has 0 fully saturated rings. The molecule has 2 rings (SSSR count). The van der Waals surface area contributed by atoms with Gasteiger partial charge in [0, 0.05) is 14.1 Å². The van der Waals surface area contributed by atoms with Crippen molar-refractivity contribution in [3.05, 3.63) is 47.5 Å². The smallest absolute Gasteiger partial charge is 0.264 e. The topological polar surface area (TPSA) is 40.2 Å². The minimum absolute atomic E-state index is 0.321. The van der Waals surface area contributed by atoms with Gasteiger partial charge in [0.2, 0.25) is 5.75 Å². The highest BCUT2D eigenvalue weighted by molar-refractivity contribution is 7.80. The molecule has 0 aliphatic heterocycles. The Morgan fingerprint density at radius 1 is 0.885 bits per heavy atom. The van der Waals surface area contributed by atoms with Crippen LogP contribution in [-0.4, -0.2) is 45.5 Å². The van der Waals surface area contributed by atoms with E-state index in [-0.39, 0.29) is 0 Å². The molecule has 0 atom stereocenters. The van der Waals surface area contributed by atoms with Crippen LogP contribution >= 0.6 is 12.2 Å². The van der Waals surface area contributed by atoms with Crippen LogP contribution in [0.3, 0.4) is 0 Å². The molecule has 26 heavy (non-hydrogen) atoms.